The number of hydrogen-bond donors (Lipinski definition) is 2. The molecule has 2 aromatic rings. The predicted molar refractivity (Wildman–Crippen MR) is 120 cm³/mol. The minimum absolute atomic E-state index is 0.146. The molecule has 0 bridgehead atoms. The summed E-state index contributed by atoms with van der Waals surface area (Å²) < 4.78 is 5.70. The van der Waals surface area contributed by atoms with Crippen LogP contribution in [-0.2, 0) is 22.6 Å². The molecule has 3 N–H and O–H groups in total. The number of rotatable bonds is 3. The highest BCUT2D eigenvalue weighted by molar-refractivity contribution is 5.85. The van der Waals surface area contributed by atoms with Crippen molar-refractivity contribution in [2.45, 2.75) is 46.1 Å². The van der Waals surface area contributed by atoms with Gasteiger partial charge in [-0.3, -0.25) is 9.59 Å². The molecule has 4 rings (SSSR count). The zero-order chi connectivity index (χ0) is 23.4. The van der Waals surface area contributed by atoms with Crippen LogP contribution in [0.1, 0.15) is 47.2 Å². The summed E-state index contributed by atoms with van der Waals surface area (Å²) in [5.41, 5.74) is 12.0. The Bertz CT molecular complexity index is 1090. The topological polar surface area (TPSA) is 130 Å². The Hall–Kier alpha value is -3.60. The highest BCUT2D eigenvalue weighted by Gasteiger charge is 2.34. The van der Waals surface area contributed by atoms with Crippen LogP contribution in [0.25, 0.3) is 11.1 Å². The van der Waals surface area contributed by atoms with Gasteiger partial charge in [-0.05, 0) is 43.9 Å². The largest absolute Gasteiger partial charge is 0.496 e. The zero-order valence-corrected chi connectivity index (χ0v) is 18.6. The third kappa shape index (κ3) is 4.24. The third-order valence-corrected chi connectivity index (χ3v) is 6.15. The highest BCUT2D eigenvalue weighted by atomic mass is 16.5. The standard InChI is InChI=1S/C23H26N4O2.CH2O2/c1-13-9-14(2)21(29-3)16(10-13)20-17(11-24)22(25)26-19-7-8-27(12-18(19)20)23(28)15-5-4-6-15;2-1-3/h9-10,15H,4-8,12H2,1-3H3,(H2,25,26);1H,(H,2,3). The molecule has 1 aliphatic carbocycles. The summed E-state index contributed by atoms with van der Waals surface area (Å²) in [6, 6.07) is 6.32. The predicted octanol–water partition coefficient (Wildman–Crippen LogP) is 3.21. The Morgan fingerprint density at radius 2 is 2.06 bits per heavy atom. The number of nitrogens with zero attached hydrogens (tertiary/aromatic N) is 3. The van der Waals surface area contributed by atoms with Gasteiger partial charge in [-0.2, -0.15) is 5.26 Å². The lowest BCUT2D eigenvalue weighted by molar-refractivity contribution is -0.139. The van der Waals surface area contributed by atoms with Crippen molar-refractivity contribution < 1.29 is 19.4 Å². The number of carbonyl (C=O) groups excluding carboxylic acids is 1. The van der Waals surface area contributed by atoms with Gasteiger partial charge < -0.3 is 20.5 Å². The van der Waals surface area contributed by atoms with Crippen LogP contribution in [0, 0.1) is 31.1 Å². The summed E-state index contributed by atoms with van der Waals surface area (Å²) in [4.78, 5) is 27.7. The number of carboxylic acid groups (broad SMARTS) is 1. The maximum atomic E-state index is 12.9. The van der Waals surface area contributed by atoms with Crippen molar-refractivity contribution in [2.24, 2.45) is 5.92 Å². The van der Waals surface area contributed by atoms with Gasteiger partial charge in [0.05, 0.1) is 12.8 Å². The summed E-state index contributed by atoms with van der Waals surface area (Å²) in [5, 5.41) is 16.8. The number of benzene rings is 1. The second-order valence-electron chi connectivity index (χ2n) is 8.19. The molecular formula is C24H28N4O4. The number of ether oxygens (including phenoxy) is 1. The van der Waals surface area contributed by atoms with Gasteiger partial charge in [-0.25, -0.2) is 4.98 Å². The molecule has 0 radical (unpaired) electrons. The lowest BCUT2D eigenvalue weighted by Crippen LogP contribution is -2.42. The van der Waals surface area contributed by atoms with Gasteiger partial charge in [0.15, 0.2) is 0 Å². The Balaban J connectivity index is 0.000000913. The molecule has 8 nitrogen and oxygen atoms in total. The van der Waals surface area contributed by atoms with E-state index in [1.54, 1.807) is 7.11 Å². The van der Waals surface area contributed by atoms with E-state index in [-0.39, 0.29) is 24.1 Å². The fraction of sp³-hybridized carbons (Fsp3) is 0.417. The Morgan fingerprint density at radius 1 is 1.38 bits per heavy atom. The number of amides is 1. The highest BCUT2D eigenvalue weighted by Crippen LogP contribution is 2.42. The summed E-state index contributed by atoms with van der Waals surface area (Å²) in [5.74, 6) is 1.33. The van der Waals surface area contributed by atoms with Crippen LogP contribution in [0.15, 0.2) is 12.1 Å². The number of anilines is 1. The second kappa shape index (κ2) is 9.69. The van der Waals surface area contributed by atoms with Crippen LogP contribution in [0.2, 0.25) is 0 Å². The molecule has 0 saturated heterocycles. The van der Waals surface area contributed by atoms with E-state index in [2.05, 4.69) is 17.1 Å². The van der Waals surface area contributed by atoms with Crippen LogP contribution in [0.3, 0.4) is 0 Å². The normalized spacial score (nSPS) is 14.9. The Labute approximate surface area is 187 Å². The molecule has 32 heavy (non-hydrogen) atoms. The second-order valence-corrected chi connectivity index (χ2v) is 8.19. The Kier molecular flexibility index (Phi) is 6.98. The fourth-order valence-corrected chi connectivity index (χ4v) is 4.50. The first-order valence-corrected chi connectivity index (χ1v) is 10.6. The van der Waals surface area contributed by atoms with Gasteiger partial charge in [0.1, 0.15) is 23.2 Å². The average molecular weight is 437 g/mol. The molecule has 8 heteroatoms. The molecule has 0 atom stereocenters. The van der Waals surface area contributed by atoms with Crippen molar-refractivity contribution in [3.8, 4) is 22.9 Å². The van der Waals surface area contributed by atoms with Crippen LogP contribution in [0.4, 0.5) is 5.82 Å². The van der Waals surface area contributed by atoms with Crippen molar-refractivity contribution >= 4 is 18.2 Å². The first-order chi connectivity index (χ1) is 15.4. The first kappa shape index (κ1) is 23.1. The van der Waals surface area contributed by atoms with Gasteiger partial charge >= 0.3 is 0 Å². The van der Waals surface area contributed by atoms with Gasteiger partial charge in [0.25, 0.3) is 6.47 Å². The van der Waals surface area contributed by atoms with Crippen molar-refractivity contribution in [2.75, 3.05) is 19.4 Å². The summed E-state index contributed by atoms with van der Waals surface area (Å²) in [7, 11) is 1.64. The van der Waals surface area contributed by atoms with E-state index in [1.807, 2.05) is 24.8 Å². The van der Waals surface area contributed by atoms with Gasteiger partial charge in [-0.15, -0.1) is 0 Å². The van der Waals surface area contributed by atoms with Crippen molar-refractivity contribution in [1.82, 2.24) is 9.88 Å². The minimum Gasteiger partial charge on any atom is -0.496 e. The van der Waals surface area contributed by atoms with Gasteiger partial charge in [0, 0.05) is 42.1 Å². The molecule has 1 amide bonds. The maximum Gasteiger partial charge on any atom is 0.290 e. The molecule has 1 saturated carbocycles. The average Bonchev–Trinajstić information content (AvgIpc) is 2.71. The summed E-state index contributed by atoms with van der Waals surface area (Å²) in [6.07, 6.45) is 3.72. The minimum atomic E-state index is -0.250. The van der Waals surface area contributed by atoms with Crippen molar-refractivity contribution in [3.63, 3.8) is 0 Å². The molecule has 1 aromatic heterocycles. The molecule has 2 heterocycles. The monoisotopic (exact) mass is 436 g/mol. The smallest absolute Gasteiger partial charge is 0.290 e. The number of carbonyl (C=O) groups is 2. The van der Waals surface area contributed by atoms with E-state index >= 15 is 0 Å². The van der Waals surface area contributed by atoms with E-state index < -0.39 is 0 Å². The number of pyridine rings is 1. The number of hydrogen-bond acceptors (Lipinski definition) is 6. The van der Waals surface area contributed by atoms with Crippen LogP contribution < -0.4 is 10.5 Å². The fourth-order valence-electron chi connectivity index (χ4n) is 4.50. The number of aromatic nitrogens is 1. The van der Waals surface area contributed by atoms with Crippen LogP contribution in [0.5, 0.6) is 5.75 Å². The van der Waals surface area contributed by atoms with Crippen LogP contribution in [-0.4, -0.2) is 41.0 Å². The van der Waals surface area contributed by atoms with Crippen molar-refractivity contribution in [3.05, 3.63) is 40.1 Å². The molecule has 1 aliphatic heterocycles. The van der Waals surface area contributed by atoms with E-state index in [0.717, 1.165) is 58.5 Å². The lowest BCUT2D eigenvalue weighted by Gasteiger charge is -2.35. The lowest BCUT2D eigenvalue weighted by atomic mass is 9.83. The molecule has 1 aromatic carbocycles. The summed E-state index contributed by atoms with van der Waals surface area (Å²) >= 11 is 0. The molecular weight excluding hydrogens is 408 g/mol. The van der Waals surface area contributed by atoms with E-state index in [0.29, 0.717) is 25.1 Å². The molecule has 2 aliphatic rings. The number of aryl methyl sites for hydroxylation is 2. The molecule has 1 fully saturated rings. The maximum absolute atomic E-state index is 12.9. The van der Waals surface area contributed by atoms with Gasteiger partial charge in [0.2, 0.25) is 5.91 Å². The third-order valence-electron chi connectivity index (χ3n) is 6.15. The van der Waals surface area contributed by atoms with Crippen molar-refractivity contribution in [1.29, 1.82) is 5.26 Å². The van der Waals surface area contributed by atoms with E-state index in [4.69, 9.17) is 20.4 Å². The van der Waals surface area contributed by atoms with Crippen LogP contribution >= 0.6 is 0 Å². The van der Waals surface area contributed by atoms with E-state index in [1.165, 1.54) is 0 Å². The number of methoxy groups -OCH3 is 1. The first-order valence-electron chi connectivity index (χ1n) is 10.6. The van der Waals surface area contributed by atoms with E-state index in [9.17, 15) is 10.1 Å². The number of nitrogens with two attached hydrogens (primary N) is 1. The zero-order valence-electron chi connectivity index (χ0n) is 18.6. The SMILES string of the molecule is COc1c(C)cc(C)cc1-c1c(C#N)c(N)nc2c1CN(C(=O)C1CCC1)CC2.O=CO. The Morgan fingerprint density at radius 3 is 2.62 bits per heavy atom. The number of nitrogen functional groups attached to an aromatic ring is 1. The number of fused-ring (bicyclic) bond motifs is 1. The quantitative estimate of drug-likeness (QED) is 0.707. The molecule has 0 spiro atoms. The number of nitriles is 1. The van der Waals surface area contributed by atoms with Gasteiger partial charge in [-0.1, -0.05) is 12.5 Å². The molecule has 0 unspecified atom stereocenters. The summed E-state index contributed by atoms with van der Waals surface area (Å²) in [6.45, 7) is 4.86. The molecule has 168 valence electrons.